The van der Waals surface area contributed by atoms with E-state index in [4.69, 9.17) is 25.5 Å². The largest absolute Gasteiger partial charge is 0.508 e. The zero-order chi connectivity index (χ0) is 32.4. The zero-order valence-corrected chi connectivity index (χ0v) is 25.7. The second-order valence-electron chi connectivity index (χ2n) is 12.8. The molecule has 6 heterocycles. The number of hydrogen-bond acceptors (Lipinski definition) is 9. The molecule has 3 saturated heterocycles. The van der Waals surface area contributed by atoms with Crippen LogP contribution in [0.2, 0.25) is 0 Å². The van der Waals surface area contributed by atoms with Gasteiger partial charge in [0.1, 0.15) is 35.5 Å². The summed E-state index contributed by atoms with van der Waals surface area (Å²) in [4.78, 5) is 32.0. The quantitative estimate of drug-likeness (QED) is 0.243. The number of ether oxygens (including phenoxy) is 1. The molecule has 3 fully saturated rings. The normalized spacial score (nSPS) is 21.2. The molecule has 2 atom stereocenters. The number of anilines is 1. The Labute approximate surface area is 268 Å². The number of hydrogen-bond donors (Lipinski definition) is 1. The molecular weight excluding hydrogens is 604 g/mol. The van der Waals surface area contributed by atoms with Crippen LogP contribution in [0.5, 0.6) is 11.8 Å². The van der Waals surface area contributed by atoms with Gasteiger partial charge in [-0.1, -0.05) is 18.1 Å². The van der Waals surface area contributed by atoms with Crippen LogP contribution in [0.15, 0.2) is 57.9 Å². The lowest BCUT2D eigenvalue weighted by Gasteiger charge is -2.40. The van der Waals surface area contributed by atoms with Crippen molar-refractivity contribution in [1.82, 2.24) is 19.9 Å². The van der Waals surface area contributed by atoms with E-state index in [1.807, 2.05) is 23.1 Å². The molecule has 0 bridgehead atoms. The van der Waals surface area contributed by atoms with E-state index in [9.17, 15) is 18.7 Å². The number of phenols is 1. The number of rotatable bonds is 6. The van der Waals surface area contributed by atoms with Gasteiger partial charge >= 0.3 is 11.6 Å². The predicted octanol–water partition coefficient (Wildman–Crippen LogP) is 5.49. The van der Waals surface area contributed by atoms with E-state index < -0.39 is 23.2 Å². The van der Waals surface area contributed by atoms with Crippen molar-refractivity contribution in [2.24, 2.45) is 0 Å². The average molecular weight is 636 g/mol. The molecule has 0 spiro atoms. The van der Waals surface area contributed by atoms with Crippen LogP contribution in [-0.4, -0.2) is 69.5 Å². The van der Waals surface area contributed by atoms with Crippen LogP contribution in [0.4, 0.5) is 14.6 Å². The molecule has 9 nitrogen and oxygen atoms in total. The monoisotopic (exact) mass is 635 g/mol. The molecule has 238 valence electrons. The number of alkyl halides is 1. The van der Waals surface area contributed by atoms with E-state index in [1.54, 1.807) is 13.1 Å². The van der Waals surface area contributed by atoms with Crippen LogP contribution >= 0.6 is 0 Å². The average Bonchev–Trinajstić information content (AvgIpc) is 3.57. The van der Waals surface area contributed by atoms with E-state index in [2.05, 4.69) is 15.8 Å². The Kier molecular flexibility index (Phi) is 6.88. The minimum absolute atomic E-state index is 0.0173. The van der Waals surface area contributed by atoms with Crippen molar-refractivity contribution >= 4 is 27.5 Å². The molecule has 5 aromatic rings. The van der Waals surface area contributed by atoms with Gasteiger partial charge in [-0.05, 0) is 62.0 Å². The summed E-state index contributed by atoms with van der Waals surface area (Å²) in [6.45, 7) is 4.28. The highest BCUT2D eigenvalue weighted by Crippen LogP contribution is 2.42. The fourth-order valence-corrected chi connectivity index (χ4v) is 7.62. The maximum atomic E-state index is 14.9. The molecule has 11 heteroatoms. The van der Waals surface area contributed by atoms with E-state index in [-0.39, 0.29) is 46.6 Å². The van der Waals surface area contributed by atoms with Crippen LogP contribution in [0.1, 0.15) is 42.0 Å². The van der Waals surface area contributed by atoms with Crippen molar-refractivity contribution in [3.8, 4) is 35.4 Å². The molecule has 2 aromatic carbocycles. The first-order valence-corrected chi connectivity index (χ1v) is 15.7. The lowest BCUT2D eigenvalue weighted by atomic mass is 9.94. The molecule has 0 radical (unpaired) electrons. The first-order valence-electron chi connectivity index (χ1n) is 15.7. The summed E-state index contributed by atoms with van der Waals surface area (Å²) in [6.07, 6.45) is 8.72. The van der Waals surface area contributed by atoms with Crippen LogP contribution in [0.25, 0.3) is 33.0 Å². The maximum absolute atomic E-state index is 14.9. The Balaban J connectivity index is 1.27. The Bertz CT molecular complexity index is 2160. The van der Waals surface area contributed by atoms with Gasteiger partial charge in [0, 0.05) is 60.4 Å². The third-order valence-corrected chi connectivity index (χ3v) is 9.92. The van der Waals surface area contributed by atoms with Crippen molar-refractivity contribution in [2.45, 2.75) is 43.8 Å². The molecule has 47 heavy (non-hydrogen) atoms. The first-order chi connectivity index (χ1) is 22.7. The number of aromatic hydroxyl groups is 1. The van der Waals surface area contributed by atoms with Gasteiger partial charge in [0.15, 0.2) is 5.82 Å². The van der Waals surface area contributed by atoms with Crippen molar-refractivity contribution in [3.05, 3.63) is 81.7 Å². The van der Waals surface area contributed by atoms with Crippen LogP contribution in [0.3, 0.4) is 0 Å². The second-order valence-corrected chi connectivity index (χ2v) is 12.8. The molecule has 3 aromatic heterocycles. The summed E-state index contributed by atoms with van der Waals surface area (Å²) < 4.78 is 41.7. The van der Waals surface area contributed by atoms with Crippen molar-refractivity contribution in [3.63, 3.8) is 0 Å². The smallest absolute Gasteiger partial charge is 0.349 e. The lowest BCUT2D eigenvalue weighted by molar-refractivity contribution is 0.107. The van der Waals surface area contributed by atoms with Gasteiger partial charge < -0.3 is 19.2 Å². The number of nitrogens with zero attached hydrogens (tertiary/aromatic N) is 5. The van der Waals surface area contributed by atoms with E-state index in [0.717, 1.165) is 25.1 Å². The summed E-state index contributed by atoms with van der Waals surface area (Å²) in [5.41, 5.74) is 0.810. The van der Waals surface area contributed by atoms with E-state index in [0.29, 0.717) is 53.7 Å². The highest BCUT2D eigenvalue weighted by atomic mass is 19.1. The Morgan fingerprint density at radius 3 is 2.81 bits per heavy atom. The minimum Gasteiger partial charge on any atom is -0.508 e. The zero-order valence-electron chi connectivity index (χ0n) is 25.7. The number of phenolic OH excluding ortho intramolecular Hbond substituents is 1. The van der Waals surface area contributed by atoms with Gasteiger partial charge in [-0.2, -0.15) is 9.97 Å². The summed E-state index contributed by atoms with van der Waals surface area (Å²) in [5, 5.41) is 11.6. The summed E-state index contributed by atoms with van der Waals surface area (Å²) >= 11 is 0. The molecular formula is C36H31F2N5O4. The number of fused-ring (bicyclic) bond motifs is 3. The second kappa shape index (κ2) is 11.0. The Morgan fingerprint density at radius 1 is 1.17 bits per heavy atom. The van der Waals surface area contributed by atoms with Crippen molar-refractivity contribution < 1.29 is 23.0 Å². The van der Waals surface area contributed by atoms with E-state index >= 15 is 0 Å². The lowest BCUT2D eigenvalue weighted by Crippen LogP contribution is -2.46. The number of pyridine rings is 1. The summed E-state index contributed by atoms with van der Waals surface area (Å²) in [7, 11) is 0. The minimum atomic E-state index is -0.916. The highest BCUT2D eigenvalue weighted by molar-refractivity contribution is 6.03. The van der Waals surface area contributed by atoms with E-state index in [1.165, 1.54) is 24.3 Å². The van der Waals surface area contributed by atoms with Crippen LogP contribution in [0, 0.1) is 25.1 Å². The summed E-state index contributed by atoms with van der Waals surface area (Å²) in [6, 6.07) is 11.4. The summed E-state index contributed by atoms with van der Waals surface area (Å²) in [5.74, 6) is 2.28. The Hall–Kier alpha value is -5.08. The van der Waals surface area contributed by atoms with Crippen molar-refractivity contribution in [1.29, 1.82) is 0 Å². The highest BCUT2D eigenvalue weighted by Gasteiger charge is 2.49. The third-order valence-electron chi connectivity index (χ3n) is 9.92. The number of halogens is 2. The molecule has 0 amide bonds. The van der Waals surface area contributed by atoms with Gasteiger partial charge in [0.05, 0.1) is 16.6 Å². The van der Waals surface area contributed by atoms with Crippen molar-refractivity contribution in [2.75, 3.05) is 37.7 Å². The van der Waals surface area contributed by atoms with Gasteiger partial charge in [0.25, 0.3) is 0 Å². The molecule has 0 saturated carbocycles. The van der Waals surface area contributed by atoms with Gasteiger partial charge in [0.2, 0.25) is 0 Å². The molecule has 3 aliphatic heterocycles. The standard InChI is InChI=1S/C36H31F2N5O4/c1-3-25-27(38)9-8-21-13-24(44)14-26(29(21)25)32-20(2)31-30(34(45)47-32)33(42-16-22(17-42)28-7-4-5-11-39-28)41-35(40-31)46-19-36-10-6-12-43(36)18-23(37)15-36/h1,4-5,7-9,11,13-14,22-23,44H,6,10,12,15-19H2,2H3/t23-,36+/m1/s1. The fourth-order valence-electron chi connectivity index (χ4n) is 7.62. The van der Waals surface area contributed by atoms with Crippen LogP contribution < -0.4 is 15.3 Å². The Morgan fingerprint density at radius 2 is 2.02 bits per heavy atom. The molecule has 1 N–H and O–H groups in total. The predicted molar refractivity (Wildman–Crippen MR) is 173 cm³/mol. The molecule has 3 aliphatic rings. The first kappa shape index (κ1) is 29.3. The number of terminal acetylenes is 1. The number of benzene rings is 2. The molecule has 0 unspecified atom stereocenters. The molecule has 8 rings (SSSR count). The SMILES string of the molecule is C#Cc1c(F)ccc2cc(O)cc(-c3oc(=O)c4c(N5CC(c6ccccn6)C5)nc(OC[C@@]56CCCN5C[C@H](F)C6)nc4c3C)c12. The van der Waals surface area contributed by atoms with Crippen LogP contribution in [-0.2, 0) is 0 Å². The fraction of sp³-hybridized carbons (Fsp3) is 0.333. The van der Waals surface area contributed by atoms with Gasteiger partial charge in [-0.3, -0.25) is 9.88 Å². The third kappa shape index (κ3) is 4.78. The maximum Gasteiger partial charge on any atom is 0.349 e. The van der Waals surface area contributed by atoms with Gasteiger partial charge in [-0.15, -0.1) is 6.42 Å². The van der Waals surface area contributed by atoms with Gasteiger partial charge in [-0.25, -0.2) is 13.6 Å². The molecule has 0 aliphatic carbocycles. The topological polar surface area (TPSA) is 105 Å². The number of aryl methyl sites for hydroxylation is 1. The number of aromatic nitrogens is 3.